The van der Waals surface area contributed by atoms with E-state index in [1.165, 1.54) is 0 Å². The van der Waals surface area contributed by atoms with Gasteiger partial charge in [-0.1, -0.05) is 19.0 Å². The minimum Gasteiger partial charge on any atom is -0.365 e. The van der Waals surface area contributed by atoms with Gasteiger partial charge in [-0.05, 0) is 12.8 Å². The molecule has 3 N–H and O–H groups in total. The van der Waals surface area contributed by atoms with Gasteiger partial charge in [0, 0.05) is 12.5 Å². The van der Waals surface area contributed by atoms with E-state index in [-0.39, 0.29) is 18.1 Å². The quantitative estimate of drug-likeness (QED) is 0.836. The van der Waals surface area contributed by atoms with Crippen molar-refractivity contribution in [2.24, 2.45) is 5.73 Å². The number of nitrogens with two attached hydrogens (primary N) is 1. The number of hydrogen-bond acceptors (Lipinski definition) is 5. The van der Waals surface area contributed by atoms with Crippen molar-refractivity contribution in [2.45, 2.75) is 44.8 Å². The summed E-state index contributed by atoms with van der Waals surface area (Å²) in [6.07, 6.45) is 1.48. The van der Waals surface area contributed by atoms with Gasteiger partial charge in [0.05, 0.1) is 6.10 Å². The van der Waals surface area contributed by atoms with E-state index in [0.717, 1.165) is 12.8 Å². The number of urea groups is 1. The van der Waals surface area contributed by atoms with Crippen LogP contribution in [0.25, 0.3) is 0 Å². The van der Waals surface area contributed by atoms with Crippen molar-refractivity contribution in [1.29, 1.82) is 0 Å². The molecule has 1 aromatic heterocycles. The molecule has 1 saturated heterocycles. The summed E-state index contributed by atoms with van der Waals surface area (Å²) in [5.74, 6) is 1.41. The number of nitrogens with one attached hydrogen (secondary N) is 1. The Balaban J connectivity index is 1.89. The second kappa shape index (κ2) is 5.34. The second-order valence-corrected chi connectivity index (χ2v) is 4.71. The first-order valence-corrected chi connectivity index (χ1v) is 6.08. The van der Waals surface area contributed by atoms with E-state index in [4.69, 9.17) is 15.0 Å². The van der Waals surface area contributed by atoms with Gasteiger partial charge in [-0.25, -0.2) is 4.79 Å². The first kappa shape index (κ1) is 12.8. The molecule has 0 radical (unpaired) electrons. The van der Waals surface area contributed by atoms with Crippen LogP contribution in [0.2, 0.25) is 0 Å². The topological polar surface area (TPSA) is 103 Å². The summed E-state index contributed by atoms with van der Waals surface area (Å²) in [5.41, 5.74) is 5.01. The molecule has 7 nitrogen and oxygen atoms in total. The molecule has 0 saturated carbocycles. The average Bonchev–Trinajstić information content (AvgIpc) is 2.95. The van der Waals surface area contributed by atoms with Crippen molar-refractivity contribution in [3.63, 3.8) is 0 Å². The molecule has 0 aromatic carbocycles. The molecule has 1 fully saturated rings. The van der Waals surface area contributed by atoms with Crippen LogP contribution in [-0.2, 0) is 4.74 Å². The average molecular weight is 254 g/mol. The zero-order valence-electron chi connectivity index (χ0n) is 10.5. The summed E-state index contributed by atoms with van der Waals surface area (Å²) in [4.78, 5) is 14.9. The molecular weight excluding hydrogens is 236 g/mol. The molecule has 0 spiro atoms. The number of ether oxygens (including phenoxy) is 1. The van der Waals surface area contributed by atoms with Gasteiger partial charge in [-0.15, -0.1) is 0 Å². The first-order valence-electron chi connectivity index (χ1n) is 6.08. The largest absolute Gasteiger partial charge is 0.365 e. The number of amides is 2. The Bertz CT molecular complexity index is 418. The fourth-order valence-electron chi connectivity index (χ4n) is 1.87. The molecule has 1 aromatic rings. The zero-order chi connectivity index (χ0) is 13.1. The van der Waals surface area contributed by atoms with Crippen molar-refractivity contribution in [3.8, 4) is 0 Å². The SMILES string of the molecule is CC(C)c1nc(C2CCC(CNC(N)=O)O2)no1. The number of carbonyl (C=O) groups excluding carboxylic acids is 1. The van der Waals surface area contributed by atoms with Gasteiger partial charge in [-0.3, -0.25) is 0 Å². The van der Waals surface area contributed by atoms with E-state index in [1.54, 1.807) is 0 Å². The molecule has 1 aliphatic rings. The number of primary amides is 1. The summed E-state index contributed by atoms with van der Waals surface area (Å²) < 4.78 is 10.9. The van der Waals surface area contributed by atoms with Crippen molar-refractivity contribution in [1.82, 2.24) is 15.5 Å². The molecule has 0 aliphatic carbocycles. The highest BCUT2D eigenvalue weighted by Crippen LogP contribution is 2.31. The molecule has 18 heavy (non-hydrogen) atoms. The van der Waals surface area contributed by atoms with Crippen LogP contribution in [0.4, 0.5) is 4.79 Å². The fraction of sp³-hybridized carbons (Fsp3) is 0.727. The van der Waals surface area contributed by atoms with Crippen molar-refractivity contribution < 1.29 is 14.1 Å². The van der Waals surface area contributed by atoms with Gasteiger partial charge >= 0.3 is 6.03 Å². The highest BCUT2D eigenvalue weighted by molar-refractivity contribution is 5.71. The lowest BCUT2D eigenvalue weighted by atomic mass is 10.2. The minimum atomic E-state index is -0.538. The Morgan fingerprint density at radius 3 is 2.94 bits per heavy atom. The lowest BCUT2D eigenvalue weighted by molar-refractivity contribution is 0.0402. The Hall–Kier alpha value is -1.63. The molecule has 0 bridgehead atoms. The van der Waals surface area contributed by atoms with Crippen molar-refractivity contribution >= 4 is 6.03 Å². The summed E-state index contributed by atoms with van der Waals surface area (Å²) in [5, 5.41) is 6.46. The Morgan fingerprint density at radius 2 is 2.33 bits per heavy atom. The molecule has 2 unspecified atom stereocenters. The van der Waals surface area contributed by atoms with Gasteiger partial charge < -0.3 is 20.3 Å². The standard InChI is InChI=1S/C11H18N4O3/c1-6(2)10-14-9(15-18-10)8-4-3-7(17-8)5-13-11(12)16/h6-8H,3-5H2,1-2H3,(H3,12,13,16). The normalized spacial score (nSPS) is 23.5. The van der Waals surface area contributed by atoms with Crippen LogP contribution < -0.4 is 11.1 Å². The van der Waals surface area contributed by atoms with Crippen LogP contribution in [0.15, 0.2) is 4.52 Å². The zero-order valence-corrected chi connectivity index (χ0v) is 10.5. The van der Waals surface area contributed by atoms with Gasteiger partial charge in [0.1, 0.15) is 6.10 Å². The number of carbonyl (C=O) groups is 1. The van der Waals surface area contributed by atoms with Crippen molar-refractivity contribution in [3.05, 3.63) is 11.7 Å². The van der Waals surface area contributed by atoms with E-state index in [9.17, 15) is 4.79 Å². The monoisotopic (exact) mass is 254 g/mol. The third-order valence-electron chi connectivity index (χ3n) is 2.85. The van der Waals surface area contributed by atoms with Gasteiger partial charge in [-0.2, -0.15) is 4.98 Å². The number of nitrogens with zero attached hydrogens (tertiary/aromatic N) is 2. The maximum atomic E-state index is 10.6. The lowest BCUT2D eigenvalue weighted by Gasteiger charge is -2.11. The summed E-state index contributed by atoms with van der Waals surface area (Å²) in [6.45, 7) is 4.40. The van der Waals surface area contributed by atoms with Crippen LogP contribution >= 0.6 is 0 Å². The molecule has 100 valence electrons. The van der Waals surface area contributed by atoms with E-state index in [0.29, 0.717) is 18.3 Å². The highest BCUT2D eigenvalue weighted by atomic mass is 16.5. The molecular formula is C11H18N4O3. The highest BCUT2D eigenvalue weighted by Gasteiger charge is 2.30. The van der Waals surface area contributed by atoms with Crippen LogP contribution in [-0.4, -0.2) is 28.8 Å². The van der Waals surface area contributed by atoms with E-state index >= 15 is 0 Å². The van der Waals surface area contributed by atoms with Crippen LogP contribution in [0, 0.1) is 0 Å². The molecule has 2 atom stereocenters. The Kier molecular flexibility index (Phi) is 3.81. The molecule has 7 heteroatoms. The van der Waals surface area contributed by atoms with Crippen molar-refractivity contribution in [2.75, 3.05) is 6.54 Å². The minimum absolute atomic E-state index is 0.0384. The first-order chi connectivity index (χ1) is 8.56. The van der Waals surface area contributed by atoms with Gasteiger partial charge in [0.2, 0.25) is 11.7 Å². The lowest BCUT2D eigenvalue weighted by Crippen LogP contribution is -2.35. The maximum absolute atomic E-state index is 10.6. The smallest absolute Gasteiger partial charge is 0.312 e. The van der Waals surface area contributed by atoms with E-state index < -0.39 is 6.03 Å². The van der Waals surface area contributed by atoms with Crippen LogP contribution in [0.3, 0.4) is 0 Å². The molecule has 1 aliphatic heterocycles. The predicted molar refractivity (Wildman–Crippen MR) is 62.8 cm³/mol. The summed E-state index contributed by atoms with van der Waals surface area (Å²) >= 11 is 0. The summed E-state index contributed by atoms with van der Waals surface area (Å²) in [7, 11) is 0. The third-order valence-corrected chi connectivity index (χ3v) is 2.85. The second-order valence-electron chi connectivity index (χ2n) is 4.71. The third kappa shape index (κ3) is 2.98. The van der Waals surface area contributed by atoms with Gasteiger partial charge in [0.15, 0.2) is 0 Å². The van der Waals surface area contributed by atoms with Gasteiger partial charge in [0.25, 0.3) is 0 Å². The Morgan fingerprint density at radius 1 is 1.56 bits per heavy atom. The number of hydrogen-bond donors (Lipinski definition) is 2. The number of rotatable bonds is 4. The van der Waals surface area contributed by atoms with Crippen LogP contribution in [0.5, 0.6) is 0 Å². The summed E-state index contributed by atoms with van der Waals surface area (Å²) in [6, 6.07) is -0.538. The molecule has 2 amide bonds. The molecule has 2 heterocycles. The maximum Gasteiger partial charge on any atom is 0.312 e. The Labute approximate surface area is 105 Å². The fourth-order valence-corrected chi connectivity index (χ4v) is 1.87. The van der Waals surface area contributed by atoms with E-state index in [2.05, 4.69) is 15.5 Å². The predicted octanol–water partition coefficient (Wildman–Crippen LogP) is 1.08. The molecule has 2 rings (SSSR count). The van der Waals surface area contributed by atoms with Crippen LogP contribution in [0.1, 0.15) is 50.4 Å². The van der Waals surface area contributed by atoms with E-state index in [1.807, 2.05) is 13.8 Å². The number of aromatic nitrogens is 2.